The Balaban J connectivity index is 1.66. The Bertz CT molecular complexity index is 399. The van der Waals surface area contributed by atoms with Crippen LogP contribution >= 0.6 is 0 Å². The van der Waals surface area contributed by atoms with E-state index < -0.39 is 6.10 Å². The van der Waals surface area contributed by atoms with E-state index in [1.54, 1.807) is 12.4 Å². The minimum atomic E-state index is -0.455. The molecule has 1 heterocycles. The van der Waals surface area contributed by atoms with Gasteiger partial charge in [-0.3, -0.25) is 4.98 Å². The van der Waals surface area contributed by atoms with Crippen LogP contribution in [0.1, 0.15) is 51.1 Å². The van der Waals surface area contributed by atoms with Gasteiger partial charge >= 0.3 is 0 Å². The zero-order valence-electron chi connectivity index (χ0n) is 13.2. The second kappa shape index (κ2) is 8.47. The lowest BCUT2D eigenvalue weighted by Crippen LogP contribution is -2.35. The summed E-state index contributed by atoms with van der Waals surface area (Å²) in [6, 6.07) is 4.19. The molecule has 2 N–H and O–H groups in total. The van der Waals surface area contributed by atoms with Gasteiger partial charge < -0.3 is 15.2 Å². The normalized spacial score (nSPS) is 25.5. The zero-order chi connectivity index (χ0) is 15.1. The van der Waals surface area contributed by atoms with Gasteiger partial charge in [0.15, 0.2) is 0 Å². The molecule has 0 radical (unpaired) electrons. The number of pyridine rings is 1. The van der Waals surface area contributed by atoms with Gasteiger partial charge in [0.2, 0.25) is 0 Å². The number of hydrogen-bond acceptors (Lipinski definition) is 4. The Labute approximate surface area is 127 Å². The molecule has 0 aromatic carbocycles. The van der Waals surface area contributed by atoms with Crippen molar-refractivity contribution >= 4 is 0 Å². The summed E-state index contributed by atoms with van der Waals surface area (Å²) in [7, 11) is 0. The van der Waals surface area contributed by atoms with Gasteiger partial charge in [-0.05, 0) is 43.4 Å². The number of hydrogen-bond donors (Lipinski definition) is 2. The fourth-order valence-corrected chi connectivity index (χ4v) is 2.91. The molecule has 1 fully saturated rings. The molecule has 0 aliphatic heterocycles. The lowest BCUT2D eigenvalue weighted by Gasteiger charge is -2.29. The highest BCUT2D eigenvalue weighted by Gasteiger charge is 2.22. The van der Waals surface area contributed by atoms with Crippen molar-refractivity contribution in [1.82, 2.24) is 10.3 Å². The molecule has 118 valence electrons. The van der Waals surface area contributed by atoms with E-state index in [-0.39, 0.29) is 6.04 Å². The van der Waals surface area contributed by atoms with Crippen LogP contribution in [0.25, 0.3) is 0 Å². The number of aliphatic hydroxyl groups excluding tert-OH is 1. The van der Waals surface area contributed by atoms with Gasteiger partial charge in [0.1, 0.15) is 0 Å². The number of rotatable bonds is 7. The van der Waals surface area contributed by atoms with Crippen molar-refractivity contribution < 1.29 is 9.84 Å². The molecule has 1 aromatic heterocycles. The number of nitrogens with zero attached hydrogens (tertiary/aromatic N) is 1. The molecular weight excluding hydrogens is 264 g/mol. The van der Waals surface area contributed by atoms with Gasteiger partial charge in [0.25, 0.3) is 0 Å². The van der Waals surface area contributed by atoms with Gasteiger partial charge in [-0.1, -0.05) is 19.8 Å². The highest BCUT2D eigenvalue weighted by Crippen LogP contribution is 2.26. The largest absolute Gasteiger partial charge is 0.389 e. The topological polar surface area (TPSA) is 54.4 Å². The standard InChI is InChI=1S/C17H28N2O2/c1-13-5-3-4-6-17(13)21-12-16(20)11-19-14(2)15-7-9-18-10-8-15/h7-10,13-14,16-17,19-20H,3-6,11-12H2,1-2H3/t13?,14-,16?,17?/m1/s1. The molecule has 1 saturated carbocycles. The van der Waals surface area contributed by atoms with Crippen LogP contribution in [0.3, 0.4) is 0 Å². The van der Waals surface area contributed by atoms with E-state index in [9.17, 15) is 5.11 Å². The van der Waals surface area contributed by atoms with Crippen LogP contribution in [0.4, 0.5) is 0 Å². The highest BCUT2D eigenvalue weighted by atomic mass is 16.5. The quantitative estimate of drug-likeness (QED) is 0.811. The number of ether oxygens (including phenoxy) is 1. The van der Waals surface area contributed by atoms with Crippen molar-refractivity contribution in [2.24, 2.45) is 5.92 Å². The summed E-state index contributed by atoms with van der Waals surface area (Å²) in [6.07, 6.45) is 8.40. The lowest BCUT2D eigenvalue weighted by atomic mass is 9.88. The van der Waals surface area contributed by atoms with E-state index in [0.717, 1.165) is 6.42 Å². The van der Waals surface area contributed by atoms with Crippen molar-refractivity contribution in [2.75, 3.05) is 13.2 Å². The molecule has 4 atom stereocenters. The van der Waals surface area contributed by atoms with Gasteiger partial charge in [-0.2, -0.15) is 0 Å². The summed E-state index contributed by atoms with van der Waals surface area (Å²) in [6.45, 7) is 5.31. The van der Waals surface area contributed by atoms with Crippen LogP contribution < -0.4 is 5.32 Å². The maximum Gasteiger partial charge on any atom is 0.0898 e. The summed E-state index contributed by atoms with van der Waals surface area (Å²) < 4.78 is 5.89. The van der Waals surface area contributed by atoms with Gasteiger partial charge in [0.05, 0.1) is 18.8 Å². The number of aromatic nitrogens is 1. The van der Waals surface area contributed by atoms with E-state index in [1.807, 2.05) is 12.1 Å². The van der Waals surface area contributed by atoms with Crippen LogP contribution in [-0.2, 0) is 4.74 Å². The second-order valence-electron chi connectivity index (χ2n) is 6.20. The van der Waals surface area contributed by atoms with Crippen LogP contribution in [-0.4, -0.2) is 35.5 Å². The molecular formula is C17H28N2O2. The van der Waals surface area contributed by atoms with Gasteiger partial charge in [0, 0.05) is 25.0 Å². The van der Waals surface area contributed by atoms with Crippen LogP contribution in [0.15, 0.2) is 24.5 Å². The molecule has 3 unspecified atom stereocenters. The minimum absolute atomic E-state index is 0.205. The molecule has 0 spiro atoms. The smallest absolute Gasteiger partial charge is 0.0898 e. The van der Waals surface area contributed by atoms with E-state index in [4.69, 9.17) is 4.74 Å². The zero-order valence-corrected chi connectivity index (χ0v) is 13.2. The number of nitrogens with one attached hydrogen (secondary N) is 1. The molecule has 4 nitrogen and oxygen atoms in total. The molecule has 2 rings (SSSR count). The Kier molecular flexibility index (Phi) is 6.61. The van der Waals surface area contributed by atoms with Gasteiger partial charge in [-0.15, -0.1) is 0 Å². The molecule has 0 amide bonds. The molecule has 1 aliphatic carbocycles. The van der Waals surface area contributed by atoms with Crippen LogP contribution in [0, 0.1) is 5.92 Å². The molecule has 0 bridgehead atoms. The van der Waals surface area contributed by atoms with Crippen molar-refractivity contribution in [2.45, 2.75) is 57.8 Å². The summed E-state index contributed by atoms with van der Waals surface area (Å²) in [5, 5.41) is 13.4. The highest BCUT2D eigenvalue weighted by molar-refractivity contribution is 5.13. The first-order valence-electron chi connectivity index (χ1n) is 8.09. The van der Waals surface area contributed by atoms with Gasteiger partial charge in [-0.25, -0.2) is 0 Å². The predicted molar refractivity (Wildman–Crippen MR) is 84.0 cm³/mol. The van der Waals surface area contributed by atoms with Crippen molar-refractivity contribution in [3.63, 3.8) is 0 Å². The minimum Gasteiger partial charge on any atom is -0.389 e. The Morgan fingerprint density at radius 1 is 1.33 bits per heavy atom. The molecule has 0 saturated heterocycles. The summed E-state index contributed by atoms with van der Waals surface area (Å²) in [4.78, 5) is 4.01. The third-order valence-corrected chi connectivity index (χ3v) is 4.40. The third kappa shape index (κ3) is 5.38. The first-order valence-corrected chi connectivity index (χ1v) is 8.09. The Morgan fingerprint density at radius 2 is 2.05 bits per heavy atom. The van der Waals surface area contributed by atoms with Crippen molar-refractivity contribution in [3.8, 4) is 0 Å². The van der Waals surface area contributed by atoms with E-state index in [0.29, 0.717) is 25.2 Å². The fraction of sp³-hybridized carbons (Fsp3) is 0.706. The van der Waals surface area contributed by atoms with Crippen LogP contribution in [0.2, 0.25) is 0 Å². The number of aliphatic hydroxyl groups is 1. The first kappa shape index (κ1) is 16.4. The maximum absolute atomic E-state index is 10.1. The Morgan fingerprint density at radius 3 is 2.76 bits per heavy atom. The average Bonchev–Trinajstić information content (AvgIpc) is 2.52. The fourth-order valence-electron chi connectivity index (χ4n) is 2.91. The third-order valence-electron chi connectivity index (χ3n) is 4.40. The Hall–Kier alpha value is -0.970. The van der Waals surface area contributed by atoms with Crippen molar-refractivity contribution in [1.29, 1.82) is 0 Å². The molecule has 21 heavy (non-hydrogen) atoms. The summed E-state index contributed by atoms with van der Waals surface area (Å²) in [5.41, 5.74) is 1.18. The maximum atomic E-state index is 10.1. The summed E-state index contributed by atoms with van der Waals surface area (Å²) >= 11 is 0. The summed E-state index contributed by atoms with van der Waals surface area (Å²) in [5.74, 6) is 0.620. The first-order chi connectivity index (χ1) is 10.2. The molecule has 4 heteroatoms. The van der Waals surface area contributed by atoms with Crippen LogP contribution in [0.5, 0.6) is 0 Å². The van der Waals surface area contributed by atoms with E-state index >= 15 is 0 Å². The second-order valence-corrected chi connectivity index (χ2v) is 6.20. The monoisotopic (exact) mass is 292 g/mol. The molecule has 1 aliphatic rings. The van der Waals surface area contributed by atoms with Crippen molar-refractivity contribution in [3.05, 3.63) is 30.1 Å². The van der Waals surface area contributed by atoms with E-state index in [2.05, 4.69) is 24.1 Å². The predicted octanol–water partition coefficient (Wildman–Crippen LogP) is 2.69. The SMILES string of the molecule is CC1CCCCC1OCC(O)CN[C@H](C)c1ccncc1. The lowest BCUT2D eigenvalue weighted by molar-refractivity contribution is -0.0455. The van der Waals surface area contributed by atoms with E-state index in [1.165, 1.54) is 24.8 Å². The average molecular weight is 292 g/mol. The molecule has 1 aromatic rings.